The Morgan fingerprint density at radius 3 is 2.62 bits per heavy atom. The van der Waals surface area contributed by atoms with Crippen LogP contribution in [-0.2, 0) is 0 Å². The van der Waals surface area contributed by atoms with Gasteiger partial charge in [0.15, 0.2) is 6.10 Å². The third-order valence-electron chi connectivity index (χ3n) is 6.23. The summed E-state index contributed by atoms with van der Waals surface area (Å²) >= 11 is 0. The summed E-state index contributed by atoms with van der Waals surface area (Å²) in [5.41, 5.74) is 4.37. The van der Waals surface area contributed by atoms with E-state index in [2.05, 4.69) is 15.4 Å². The molecule has 0 bridgehead atoms. The second-order valence-corrected chi connectivity index (χ2v) is 8.04. The van der Waals surface area contributed by atoms with Gasteiger partial charge in [-0.1, -0.05) is 24.3 Å². The van der Waals surface area contributed by atoms with E-state index in [1.165, 1.54) is 18.5 Å². The lowest BCUT2D eigenvalue weighted by Gasteiger charge is -2.39. The molecule has 0 saturated carbocycles. The molecule has 3 aromatic carbocycles. The van der Waals surface area contributed by atoms with Gasteiger partial charge in [-0.25, -0.2) is 9.07 Å². The minimum atomic E-state index is -0.533. The van der Waals surface area contributed by atoms with Crippen molar-refractivity contribution in [1.82, 2.24) is 14.8 Å². The monoisotopic (exact) mass is 456 g/mol. The number of anilines is 1. The fourth-order valence-electron chi connectivity index (χ4n) is 4.69. The molecule has 1 N–H and O–H groups in total. The number of halogens is 1. The first-order valence-electron chi connectivity index (χ1n) is 10.8. The fourth-order valence-corrected chi connectivity index (χ4v) is 4.69. The van der Waals surface area contributed by atoms with Gasteiger partial charge in [-0.2, -0.15) is 10.1 Å². The molecule has 6 rings (SSSR count). The standard InChI is InChI=1S/C26H21FN4O3/c1-32-17-11-12-20(33-2)19(13-17)25-22-23(18-5-3-4-6-21(18)34-25)30-26-28-14-29-31(26)24(22)15-7-9-16(27)10-8-15/h3-14,24-25H,1-2H3,(H,28,29,30)/t24-,25-/m0/s1. The van der Waals surface area contributed by atoms with E-state index in [1.54, 1.807) is 31.0 Å². The summed E-state index contributed by atoms with van der Waals surface area (Å²) in [6, 6.07) is 19.5. The van der Waals surface area contributed by atoms with Crippen LogP contribution in [0.3, 0.4) is 0 Å². The number of ether oxygens (including phenoxy) is 3. The van der Waals surface area contributed by atoms with Crippen LogP contribution in [0.25, 0.3) is 5.70 Å². The Balaban J connectivity index is 1.64. The zero-order valence-electron chi connectivity index (χ0n) is 18.5. The second kappa shape index (κ2) is 7.91. The van der Waals surface area contributed by atoms with Crippen LogP contribution < -0.4 is 19.5 Å². The number of fused-ring (bicyclic) bond motifs is 3. The summed E-state index contributed by atoms with van der Waals surface area (Å²) in [6.07, 6.45) is 0.973. The van der Waals surface area contributed by atoms with E-state index in [1.807, 2.05) is 42.5 Å². The van der Waals surface area contributed by atoms with Crippen LogP contribution in [-0.4, -0.2) is 29.0 Å². The SMILES string of the molecule is COc1ccc(OC)c([C@@H]2Oc3ccccc3C3=C2[C@H](c2ccc(F)cc2)n2ncnc2N3)c1. The number of hydrogen-bond donors (Lipinski definition) is 1. The number of para-hydroxylation sites is 1. The van der Waals surface area contributed by atoms with Crippen LogP contribution in [0.5, 0.6) is 17.2 Å². The number of nitrogens with zero attached hydrogens (tertiary/aromatic N) is 3. The maximum absolute atomic E-state index is 13.8. The smallest absolute Gasteiger partial charge is 0.226 e. The van der Waals surface area contributed by atoms with Gasteiger partial charge >= 0.3 is 0 Å². The Morgan fingerprint density at radius 1 is 1.00 bits per heavy atom. The molecule has 0 saturated heterocycles. The summed E-state index contributed by atoms with van der Waals surface area (Å²) in [5, 5.41) is 7.95. The van der Waals surface area contributed by atoms with E-state index < -0.39 is 6.10 Å². The second-order valence-electron chi connectivity index (χ2n) is 8.04. The number of methoxy groups -OCH3 is 2. The largest absolute Gasteiger partial charge is 0.497 e. The Kier molecular flexibility index (Phi) is 4.72. The van der Waals surface area contributed by atoms with E-state index in [0.29, 0.717) is 17.4 Å². The lowest BCUT2D eigenvalue weighted by atomic mass is 9.84. The third-order valence-corrected chi connectivity index (χ3v) is 6.23. The Labute approximate surface area is 195 Å². The molecule has 3 heterocycles. The highest BCUT2D eigenvalue weighted by Gasteiger charge is 2.41. The maximum atomic E-state index is 13.8. The van der Waals surface area contributed by atoms with Gasteiger partial charge in [0.05, 0.1) is 19.9 Å². The van der Waals surface area contributed by atoms with E-state index >= 15 is 0 Å². The van der Waals surface area contributed by atoms with Gasteiger partial charge < -0.3 is 19.5 Å². The quantitative estimate of drug-likeness (QED) is 0.466. The maximum Gasteiger partial charge on any atom is 0.226 e. The van der Waals surface area contributed by atoms with Crippen molar-refractivity contribution >= 4 is 11.6 Å². The Morgan fingerprint density at radius 2 is 1.82 bits per heavy atom. The van der Waals surface area contributed by atoms with Crippen LogP contribution in [0.2, 0.25) is 0 Å². The van der Waals surface area contributed by atoms with Gasteiger partial charge in [0.1, 0.15) is 35.4 Å². The first-order chi connectivity index (χ1) is 16.7. The first kappa shape index (κ1) is 20.3. The molecule has 34 heavy (non-hydrogen) atoms. The van der Waals surface area contributed by atoms with Gasteiger partial charge in [0, 0.05) is 16.7 Å². The predicted molar refractivity (Wildman–Crippen MR) is 124 cm³/mol. The molecule has 2 aliphatic rings. The summed E-state index contributed by atoms with van der Waals surface area (Å²) in [7, 11) is 3.25. The molecular weight excluding hydrogens is 435 g/mol. The van der Waals surface area contributed by atoms with Gasteiger partial charge in [-0.05, 0) is 48.0 Å². The first-order valence-corrected chi connectivity index (χ1v) is 10.8. The predicted octanol–water partition coefficient (Wildman–Crippen LogP) is 4.99. The van der Waals surface area contributed by atoms with Crippen molar-refractivity contribution < 1.29 is 18.6 Å². The van der Waals surface area contributed by atoms with Crippen LogP contribution in [0.4, 0.5) is 10.3 Å². The fraction of sp³-hybridized carbons (Fsp3) is 0.154. The van der Waals surface area contributed by atoms with Crippen LogP contribution in [0.1, 0.15) is 28.8 Å². The molecule has 7 nitrogen and oxygen atoms in total. The molecule has 8 heteroatoms. The molecular formula is C26H21FN4O3. The highest BCUT2D eigenvalue weighted by atomic mass is 19.1. The summed E-state index contributed by atoms with van der Waals surface area (Å²) in [5.74, 6) is 2.38. The molecule has 0 radical (unpaired) electrons. The van der Waals surface area contributed by atoms with Crippen molar-refractivity contribution in [3.05, 3.63) is 101 Å². The Bertz CT molecular complexity index is 1410. The molecule has 2 aliphatic heterocycles. The number of benzene rings is 3. The average Bonchev–Trinajstić information content (AvgIpc) is 3.35. The van der Waals surface area contributed by atoms with Crippen molar-refractivity contribution in [1.29, 1.82) is 0 Å². The third kappa shape index (κ3) is 3.10. The molecule has 0 aliphatic carbocycles. The van der Waals surface area contributed by atoms with E-state index in [4.69, 9.17) is 14.2 Å². The summed E-state index contributed by atoms with van der Waals surface area (Å²) in [4.78, 5) is 4.42. The van der Waals surface area contributed by atoms with Gasteiger partial charge in [0.25, 0.3) is 0 Å². The summed E-state index contributed by atoms with van der Waals surface area (Å²) in [6.45, 7) is 0. The Hall–Kier alpha value is -4.33. The average molecular weight is 456 g/mol. The molecule has 4 aromatic rings. The molecule has 170 valence electrons. The van der Waals surface area contributed by atoms with Crippen LogP contribution in [0, 0.1) is 5.82 Å². The van der Waals surface area contributed by atoms with Crippen LogP contribution >= 0.6 is 0 Å². The van der Waals surface area contributed by atoms with Crippen molar-refractivity contribution in [2.45, 2.75) is 12.1 Å². The van der Waals surface area contributed by atoms with Crippen molar-refractivity contribution in [3.8, 4) is 17.2 Å². The molecule has 0 spiro atoms. The summed E-state index contributed by atoms with van der Waals surface area (Å²) < 4.78 is 33.5. The lowest BCUT2D eigenvalue weighted by molar-refractivity contribution is 0.217. The number of nitrogens with one attached hydrogen (secondary N) is 1. The number of hydrogen-bond acceptors (Lipinski definition) is 6. The molecule has 1 aromatic heterocycles. The topological polar surface area (TPSA) is 70.4 Å². The van der Waals surface area contributed by atoms with Crippen LogP contribution in [0.15, 0.2) is 78.6 Å². The van der Waals surface area contributed by atoms with Gasteiger partial charge in [-0.3, -0.25) is 0 Å². The van der Waals surface area contributed by atoms with Crippen molar-refractivity contribution in [2.24, 2.45) is 0 Å². The number of rotatable bonds is 4. The van der Waals surface area contributed by atoms with E-state index in [-0.39, 0.29) is 11.9 Å². The zero-order valence-corrected chi connectivity index (χ0v) is 18.5. The highest BCUT2D eigenvalue weighted by Crippen LogP contribution is 2.52. The normalized spacial score (nSPS) is 18.2. The number of aromatic nitrogens is 3. The van der Waals surface area contributed by atoms with Gasteiger partial charge in [-0.15, -0.1) is 0 Å². The zero-order chi connectivity index (χ0) is 23.2. The lowest BCUT2D eigenvalue weighted by Crippen LogP contribution is -2.32. The molecule has 2 atom stereocenters. The van der Waals surface area contributed by atoms with Gasteiger partial charge in [0.2, 0.25) is 5.95 Å². The van der Waals surface area contributed by atoms with E-state index in [9.17, 15) is 4.39 Å². The molecule has 0 unspecified atom stereocenters. The minimum Gasteiger partial charge on any atom is -0.497 e. The van der Waals surface area contributed by atoms with E-state index in [0.717, 1.165) is 33.7 Å². The van der Waals surface area contributed by atoms with Crippen molar-refractivity contribution in [2.75, 3.05) is 19.5 Å². The molecule has 0 amide bonds. The minimum absolute atomic E-state index is 0.304. The molecule has 0 fully saturated rings. The highest BCUT2D eigenvalue weighted by molar-refractivity contribution is 5.85. The van der Waals surface area contributed by atoms with Crippen molar-refractivity contribution in [3.63, 3.8) is 0 Å².